The summed E-state index contributed by atoms with van der Waals surface area (Å²) in [6.07, 6.45) is 0. The van der Waals surface area contributed by atoms with Crippen LogP contribution in [0, 0.1) is 6.92 Å². The maximum absolute atomic E-state index is 12.6. The normalized spacial score (nSPS) is 13.3. The quantitative estimate of drug-likeness (QED) is 0.824. The number of hydrogen-bond donors (Lipinski definition) is 2. The van der Waals surface area contributed by atoms with E-state index in [2.05, 4.69) is 20.7 Å². The van der Waals surface area contributed by atoms with Crippen LogP contribution >= 0.6 is 27.3 Å². The first-order chi connectivity index (χ1) is 9.85. The van der Waals surface area contributed by atoms with Gasteiger partial charge < -0.3 is 5.73 Å². The Balaban J connectivity index is 2.38. The molecule has 1 unspecified atom stereocenters. The summed E-state index contributed by atoms with van der Waals surface area (Å²) >= 11 is 4.92. The summed E-state index contributed by atoms with van der Waals surface area (Å²) in [5, 5.41) is 1.93. The van der Waals surface area contributed by atoms with Crippen molar-refractivity contribution in [2.24, 2.45) is 5.73 Å². The van der Waals surface area contributed by atoms with Crippen LogP contribution in [0.1, 0.15) is 29.0 Å². The van der Waals surface area contributed by atoms with Gasteiger partial charge in [0.1, 0.15) is 0 Å². The zero-order valence-electron chi connectivity index (χ0n) is 11.8. The number of benzene rings is 1. The molecule has 1 heterocycles. The third-order valence-corrected chi connectivity index (χ3v) is 6.73. The second-order valence-electron chi connectivity index (χ2n) is 4.76. The van der Waals surface area contributed by atoms with Gasteiger partial charge in [0.2, 0.25) is 10.0 Å². The van der Waals surface area contributed by atoms with Crippen LogP contribution in [0.25, 0.3) is 0 Å². The van der Waals surface area contributed by atoms with E-state index in [9.17, 15) is 8.42 Å². The molecule has 4 nitrogen and oxygen atoms in total. The highest BCUT2D eigenvalue weighted by Gasteiger charge is 2.22. The van der Waals surface area contributed by atoms with E-state index in [4.69, 9.17) is 5.73 Å². The second kappa shape index (κ2) is 6.58. The molecular weight excluding hydrogens is 372 g/mol. The SMILES string of the molecule is Cc1c(Br)cc(CN)cc1S(=O)(=O)NC(C)c1cccs1. The maximum Gasteiger partial charge on any atom is 0.241 e. The molecule has 0 aliphatic carbocycles. The van der Waals surface area contributed by atoms with E-state index in [1.807, 2.05) is 30.5 Å². The maximum atomic E-state index is 12.6. The molecule has 1 aromatic carbocycles. The predicted molar refractivity (Wildman–Crippen MR) is 89.8 cm³/mol. The first-order valence-corrected chi connectivity index (χ1v) is 9.55. The number of rotatable bonds is 5. The molecule has 0 aliphatic rings. The summed E-state index contributed by atoms with van der Waals surface area (Å²) in [5.74, 6) is 0. The van der Waals surface area contributed by atoms with Gasteiger partial charge in [-0.3, -0.25) is 0 Å². The fourth-order valence-electron chi connectivity index (χ4n) is 2.00. The monoisotopic (exact) mass is 388 g/mol. The summed E-state index contributed by atoms with van der Waals surface area (Å²) in [4.78, 5) is 1.24. The van der Waals surface area contributed by atoms with Crippen LogP contribution in [0.15, 0.2) is 39.0 Å². The van der Waals surface area contributed by atoms with Crippen LogP contribution in [0.3, 0.4) is 0 Å². The molecule has 0 saturated heterocycles. The molecule has 1 aromatic heterocycles. The van der Waals surface area contributed by atoms with E-state index in [1.54, 1.807) is 13.0 Å². The van der Waals surface area contributed by atoms with Crippen LogP contribution in [-0.4, -0.2) is 8.42 Å². The highest BCUT2D eigenvalue weighted by Crippen LogP contribution is 2.27. The Labute approximate surface area is 137 Å². The first-order valence-electron chi connectivity index (χ1n) is 6.40. The Morgan fingerprint density at radius 1 is 1.43 bits per heavy atom. The van der Waals surface area contributed by atoms with Crippen LogP contribution in [-0.2, 0) is 16.6 Å². The van der Waals surface area contributed by atoms with Gasteiger partial charge in [0.25, 0.3) is 0 Å². The molecule has 2 rings (SSSR count). The molecule has 0 fully saturated rings. The van der Waals surface area contributed by atoms with Crippen molar-refractivity contribution in [1.82, 2.24) is 4.72 Å². The van der Waals surface area contributed by atoms with Gasteiger partial charge in [0.15, 0.2) is 0 Å². The van der Waals surface area contributed by atoms with Crippen LogP contribution in [0.4, 0.5) is 0 Å². The Morgan fingerprint density at radius 2 is 2.14 bits per heavy atom. The Hall–Kier alpha value is -0.730. The third kappa shape index (κ3) is 3.73. The van der Waals surface area contributed by atoms with Crippen molar-refractivity contribution < 1.29 is 8.42 Å². The van der Waals surface area contributed by atoms with Crippen molar-refractivity contribution in [3.8, 4) is 0 Å². The number of halogens is 1. The number of thiophene rings is 1. The fraction of sp³-hybridized carbons (Fsp3) is 0.286. The fourth-order valence-corrected chi connectivity index (χ4v) is 4.98. The summed E-state index contributed by atoms with van der Waals surface area (Å²) in [5.41, 5.74) is 7.08. The Morgan fingerprint density at radius 3 is 2.71 bits per heavy atom. The molecule has 1 atom stereocenters. The van der Waals surface area contributed by atoms with Gasteiger partial charge in [-0.1, -0.05) is 22.0 Å². The summed E-state index contributed by atoms with van der Waals surface area (Å²) in [6, 6.07) is 7.02. The lowest BCUT2D eigenvalue weighted by atomic mass is 10.1. The average molecular weight is 389 g/mol. The minimum absolute atomic E-state index is 0.265. The molecular formula is C14H17BrN2O2S2. The van der Waals surface area contributed by atoms with Crippen molar-refractivity contribution in [2.45, 2.75) is 31.3 Å². The second-order valence-corrected chi connectivity index (χ2v) is 8.28. The molecule has 21 heavy (non-hydrogen) atoms. The van der Waals surface area contributed by atoms with E-state index in [0.717, 1.165) is 14.9 Å². The number of hydrogen-bond acceptors (Lipinski definition) is 4. The lowest BCUT2D eigenvalue weighted by Crippen LogP contribution is -2.27. The molecule has 0 saturated carbocycles. The zero-order valence-corrected chi connectivity index (χ0v) is 15.0. The van der Waals surface area contributed by atoms with E-state index < -0.39 is 10.0 Å². The van der Waals surface area contributed by atoms with Gasteiger partial charge in [0.05, 0.1) is 10.9 Å². The minimum atomic E-state index is -3.60. The summed E-state index contributed by atoms with van der Waals surface area (Å²) in [7, 11) is -3.60. The lowest BCUT2D eigenvalue weighted by Gasteiger charge is -2.16. The van der Waals surface area contributed by atoms with E-state index in [1.165, 1.54) is 11.3 Å². The highest BCUT2D eigenvalue weighted by molar-refractivity contribution is 9.10. The number of nitrogens with one attached hydrogen (secondary N) is 1. The van der Waals surface area contributed by atoms with Crippen LogP contribution in [0.5, 0.6) is 0 Å². The van der Waals surface area contributed by atoms with E-state index in [0.29, 0.717) is 12.1 Å². The molecule has 7 heteroatoms. The standard InChI is InChI=1S/C14H17BrN2O2S2/c1-9-12(15)6-11(8-16)7-14(9)21(18,19)17-10(2)13-4-3-5-20-13/h3-7,10,17H,8,16H2,1-2H3. The van der Waals surface area contributed by atoms with Gasteiger partial charge in [-0.15, -0.1) is 11.3 Å². The molecule has 0 aliphatic heterocycles. The smallest absolute Gasteiger partial charge is 0.241 e. The third-order valence-electron chi connectivity index (χ3n) is 3.18. The molecule has 0 bridgehead atoms. The van der Waals surface area contributed by atoms with Crippen molar-refractivity contribution >= 4 is 37.3 Å². The predicted octanol–water partition coefficient (Wildman–Crippen LogP) is 3.32. The lowest BCUT2D eigenvalue weighted by molar-refractivity contribution is 0.567. The Bertz CT molecular complexity index is 728. The zero-order chi connectivity index (χ0) is 15.6. The first kappa shape index (κ1) is 16.6. The number of sulfonamides is 1. The van der Waals surface area contributed by atoms with Crippen molar-refractivity contribution in [1.29, 1.82) is 0 Å². The van der Waals surface area contributed by atoms with E-state index >= 15 is 0 Å². The van der Waals surface area contributed by atoms with Crippen molar-refractivity contribution in [3.05, 3.63) is 50.1 Å². The molecule has 2 aromatic rings. The topological polar surface area (TPSA) is 72.2 Å². The van der Waals surface area contributed by atoms with Crippen molar-refractivity contribution in [2.75, 3.05) is 0 Å². The molecule has 0 radical (unpaired) electrons. The Kier molecular flexibility index (Phi) is 5.21. The minimum Gasteiger partial charge on any atom is -0.326 e. The average Bonchev–Trinajstić information content (AvgIpc) is 2.95. The van der Waals surface area contributed by atoms with Gasteiger partial charge in [-0.2, -0.15) is 0 Å². The van der Waals surface area contributed by atoms with Crippen molar-refractivity contribution in [3.63, 3.8) is 0 Å². The van der Waals surface area contributed by atoms with Gasteiger partial charge in [-0.05, 0) is 48.6 Å². The van der Waals surface area contributed by atoms with Gasteiger partial charge in [-0.25, -0.2) is 13.1 Å². The summed E-state index contributed by atoms with van der Waals surface area (Å²) < 4.78 is 28.7. The molecule has 0 spiro atoms. The van der Waals surface area contributed by atoms with E-state index in [-0.39, 0.29) is 10.9 Å². The molecule has 3 N–H and O–H groups in total. The van der Waals surface area contributed by atoms with Crippen LogP contribution in [0.2, 0.25) is 0 Å². The summed E-state index contributed by atoms with van der Waals surface area (Å²) in [6.45, 7) is 3.90. The van der Waals surface area contributed by atoms with Gasteiger partial charge in [0, 0.05) is 15.9 Å². The van der Waals surface area contributed by atoms with Gasteiger partial charge >= 0.3 is 0 Å². The highest BCUT2D eigenvalue weighted by atomic mass is 79.9. The number of nitrogens with two attached hydrogens (primary N) is 1. The largest absolute Gasteiger partial charge is 0.326 e. The molecule has 114 valence electrons. The molecule has 0 amide bonds. The van der Waals surface area contributed by atoms with Crippen LogP contribution < -0.4 is 10.5 Å².